The van der Waals surface area contributed by atoms with E-state index in [-0.39, 0.29) is 17.6 Å². The molecule has 8 heteroatoms. The summed E-state index contributed by atoms with van der Waals surface area (Å²) >= 11 is 5.91. The number of nitrogens with one attached hydrogen (secondary N) is 1. The van der Waals surface area contributed by atoms with Gasteiger partial charge in [-0.25, -0.2) is 0 Å². The van der Waals surface area contributed by atoms with E-state index in [9.17, 15) is 9.90 Å². The number of benzene rings is 2. The first-order valence-electron chi connectivity index (χ1n) is 9.48. The Morgan fingerprint density at radius 3 is 2.62 bits per heavy atom. The van der Waals surface area contributed by atoms with E-state index in [1.165, 1.54) is 0 Å². The Labute approximate surface area is 173 Å². The van der Waals surface area contributed by atoms with Crippen LogP contribution in [-0.2, 0) is 11.3 Å². The molecule has 3 aromatic rings. The molecular formula is C21H21ClN4O3. The van der Waals surface area contributed by atoms with E-state index < -0.39 is 0 Å². The monoisotopic (exact) mass is 412 g/mol. The lowest BCUT2D eigenvalue weighted by Gasteiger charge is -2.30. The van der Waals surface area contributed by atoms with Gasteiger partial charge in [-0.3, -0.25) is 9.69 Å². The molecule has 0 spiro atoms. The number of carbonyl (C=O) groups is 1. The van der Waals surface area contributed by atoms with Crippen LogP contribution in [0.1, 0.15) is 18.7 Å². The zero-order valence-corrected chi connectivity index (χ0v) is 16.5. The molecule has 1 amide bonds. The Hall–Kier alpha value is -2.90. The van der Waals surface area contributed by atoms with Crippen LogP contribution < -0.4 is 5.32 Å². The number of phenolic OH excluding ortho intramolecular Hbond substituents is 1. The summed E-state index contributed by atoms with van der Waals surface area (Å²) in [5.74, 6) is 1.01. The lowest BCUT2D eigenvalue weighted by Crippen LogP contribution is -2.37. The first kappa shape index (κ1) is 19.4. The topological polar surface area (TPSA) is 91.5 Å². The van der Waals surface area contributed by atoms with E-state index >= 15 is 0 Å². The Morgan fingerprint density at radius 1 is 1.17 bits per heavy atom. The highest BCUT2D eigenvalue weighted by Gasteiger charge is 2.26. The van der Waals surface area contributed by atoms with E-state index in [0.29, 0.717) is 29.0 Å². The van der Waals surface area contributed by atoms with Gasteiger partial charge >= 0.3 is 0 Å². The number of likely N-dealkylation sites (tertiary alicyclic amines) is 1. The van der Waals surface area contributed by atoms with Crippen LogP contribution in [0.25, 0.3) is 11.4 Å². The molecule has 0 radical (unpaired) electrons. The molecule has 2 N–H and O–H groups in total. The largest absolute Gasteiger partial charge is 0.506 e. The van der Waals surface area contributed by atoms with E-state index in [4.69, 9.17) is 16.1 Å². The fourth-order valence-electron chi connectivity index (χ4n) is 3.39. The van der Waals surface area contributed by atoms with Crippen LogP contribution in [-0.4, -0.2) is 39.1 Å². The smallest absolute Gasteiger partial charge is 0.241 e. The van der Waals surface area contributed by atoms with E-state index in [0.717, 1.165) is 31.5 Å². The first-order valence-corrected chi connectivity index (χ1v) is 9.86. The molecule has 0 atom stereocenters. The Bertz CT molecular complexity index is 982. The predicted octanol–water partition coefficient (Wildman–Crippen LogP) is 3.95. The number of hydrogen-bond donors (Lipinski definition) is 2. The highest BCUT2D eigenvalue weighted by molar-refractivity contribution is 6.30. The number of piperidine rings is 1. The van der Waals surface area contributed by atoms with Gasteiger partial charge in [0, 0.05) is 16.5 Å². The van der Waals surface area contributed by atoms with Gasteiger partial charge in [0.05, 0.1) is 12.2 Å². The van der Waals surface area contributed by atoms with Crippen LogP contribution in [0.4, 0.5) is 5.69 Å². The molecule has 1 aromatic heterocycles. The molecule has 150 valence electrons. The van der Waals surface area contributed by atoms with Crippen LogP contribution >= 0.6 is 11.6 Å². The maximum atomic E-state index is 12.5. The first-order chi connectivity index (χ1) is 14.1. The molecule has 0 unspecified atom stereocenters. The van der Waals surface area contributed by atoms with Gasteiger partial charge in [-0.1, -0.05) is 28.9 Å². The number of nitrogens with zero attached hydrogens (tertiary/aromatic N) is 3. The molecule has 1 aliphatic heterocycles. The molecular weight excluding hydrogens is 392 g/mol. The molecule has 0 saturated carbocycles. The number of hydrogen-bond acceptors (Lipinski definition) is 6. The average molecular weight is 413 g/mol. The van der Waals surface area contributed by atoms with Crippen LogP contribution in [0.3, 0.4) is 0 Å². The van der Waals surface area contributed by atoms with Crippen LogP contribution in [0, 0.1) is 5.92 Å². The molecule has 4 rings (SSSR count). The Balaban J connectivity index is 1.29. The van der Waals surface area contributed by atoms with Gasteiger partial charge in [0.25, 0.3) is 0 Å². The van der Waals surface area contributed by atoms with Crippen LogP contribution in [0.2, 0.25) is 5.02 Å². The number of amides is 1. The molecule has 7 nitrogen and oxygen atoms in total. The summed E-state index contributed by atoms with van der Waals surface area (Å²) in [6.45, 7) is 2.07. The minimum Gasteiger partial charge on any atom is -0.506 e. The maximum absolute atomic E-state index is 12.5. The second-order valence-electron chi connectivity index (χ2n) is 7.08. The number of anilines is 1. The molecule has 0 aliphatic carbocycles. The highest BCUT2D eigenvalue weighted by Crippen LogP contribution is 2.25. The minimum absolute atomic E-state index is 0.0611. The van der Waals surface area contributed by atoms with Gasteiger partial charge in [-0.2, -0.15) is 4.98 Å². The normalized spacial score (nSPS) is 15.3. The summed E-state index contributed by atoms with van der Waals surface area (Å²) in [7, 11) is 0. The molecule has 2 aromatic carbocycles. The maximum Gasteiger partial charge on any atom is 0.241 e. The van der Waals surface area contributed by atoms with Gasteiger partial charge in [-0.05, 0) is 62.3 Å². The molecule has 1 aliphatic rings. The van der Waals surface area contributed by atoms with Crippen molar-refractivity contribution in [2.45, 2.75) is 19.4 Å². The molecule has 2 heterocycles. The van der Waals surface area contributed by atoms with Crippen molar-refractivity contribution in [2.24, 2.45) is 5.92 Å². The number of aromatic nitrogens is 2. The number of halogens is 1. The number of aromatic hydroxyl groups is 1. The number of carbonyl (C=O) groups excluding carboxylic acids is 1. The summed E-state index contributed by atoms with van der Waals surface area (Å²) in [5, 5.41) is 17.3. The van der Waals surface area contributed by atoms with Crippen molar-refractivity contribution >= 4 is 23.2 Å². The van der Waals surface area contributed by atoms with Crippen molar-refractivity contribution in [1.82, 2.24) is 15.0 Å². The SMILES string of the molecule is O=C(Nc1ccccc1O)C1CCN(Cc2nc(-c3ccc(Cl)cc3)no2)CC1. The van der Waals surface area contributed by atoms with Crippen molar-refractivity contribution in [3.05, 3.63) is 59.4 Å². The van der Waals surface area contributed by atoms with E-state index in [2.05, 4.69) is 20.4 Å². The van der Waals surface area contributed by atoms with Gasteiger partial charge in [-0.15, -0.1) is 0 Å². The predicted molar refractivity (Wildman–Crippen MR) is 109 cm³/mol. The quantitative estimate of drug-likeness (QED) is 0.616. The number of phenols is 1. The molecule has 29 heavy (non-hydrogen) atoms. The molecule has 0 bridgehead atoms. The van der Waals surface area contributed by atoms with Crippen molar-refractivity contribution in [2.75, 3.05) is 18.4 Å². The van der Waals surface area contributed by atoms with Gasteiger partial charge in [0.1, 0.15) is 5.75 Å². The van der Waals surface area contributed by atoms with Gasteiger partial charge < -0.3 is 14.9 Å². The van der Waals surface area contributed by atoms with Gasteiger partial charge in [0.15, 0.2) is 0 Å². The second kappa shape index (κ2) is 8.63. The standard InChI is InChI=1S/C21H21ClN4O3/c22-16-7-5-14(6-8-16)20-24-19(29-25-20)13-26-11-9-15(10-12-26)21(28)23-17-3-1-2-4-18(17)27/h1-8,15,27H,9-13H2,(H,23,28). The van der Waals surface area contributed by atoms with Crippen molar-refractivity contribution in [1.29, 1.82) is 0 Å². The number of para-hydroxylation sites is 2. The summed E-state index contributed by atoms with van der Waals surface area (Å²) < 4.78 is 5.38. The van der Waals surface area contributed by atoms with E-state index in [1.54, 1.807) is 36.4 Å². The van der Waals surface area contributed by atoms with Crippen LogP contribution in [0.5, 0.6) is 5.75 Å². The third-order valence-electron chi connectivity index (χ3n) is 5.05. The average Bonchev–Trinajstić information content (AvgIpc) is 3.19. The zero-order valence-electron chi connectivity index (χ0n) is 15.7. The lowest BCUT2D eigenvalue weighted by atomic mass is 9.96. The fourth-order valence-corrected chi connectivity index (χ4v) is 3.52. The summed E-state index contributed by atoms with van der Waals surface area (Å²) in [4.78, 5) is 19.1. The third-order valence-corrected chi connectivity index (χ3v) is 5.30. The van der Waals surface area contributed by atoms with Crippen molar-refractivity contribution in [3.63, 3.8) is 0 Å². The fraction of sp³-hybridized carbons (Fsp3) is 0.286. The molecule has 1 saturated heterocycles. The van der Waals surface area contributed by atoms with Gasteiger partial charge in [0.2, 0.25) is 17.6 Å². The number of rotatable bonds is 5. The molecule has 1 fully saturated rings. The second-order valence-corrected chi connectivity index (χ2v) is 7.51. The van der Waals surface area contributed by atoms with Crippen LogP contribution in [0.15, 0.2) is 53.1 Å². The van der Waals surface area contributed by atoms with Crippen molar-refractivity contribution in [3.8, 4) is 17.1 Å². The van der Waals surface area contributed by atoms with Crippen molar-refractivity contribution < 1.29 is 14.4 Å². The summed E-state index contributed by atoms with van der Waals surface area (Å²) in [6, 6.07) is 14.0. The third kappa shape index (κ3) is 4.75. The Morgan fingerprint density at radius 2 is 1.90 bits per heavy atom. The zero-order chi connectivity index (χ0) is 20.2. The minimum atomic E-state index is -0.0850. The Kier molecular flexibility index (Phi) is 5.78. The summed E-state index contributed by atoms with van der Waals surface area (Å²) in [5.41, 5.74) is 1.30. The highest BCUT2D eigenvalue weighted by atomic mass is 35.5. The van der Waals surface area contributed by atoms with E-state index in [1.807, 2.05) is 12.1 Å². The lowest BCUT2D eigenvalue weighted by molar-refractivity contribution is -0.121. The summed E-state index contributed by atoms with van der Waals surface area (Å²) in [6.07, 6.45) is 1.47.